The molecule has 0 saturated carbocycles. The van der Waals surface area contributed by atoms with Crippen LogP contribution < -0.4 is 16.0 Å². The Morgan fingerprint density at radius 2 is 2.15 bits per heavy atom. The van der Waals surface area contributed by atoms with Crippen molar-refractivity contribution in [1.29, 1.82) is 5.26 Å². The SMILES string of the molecule is N#Cc1oc2ccccc2c1Oc1cc(NN)ncn1. The molecule has 2 aromatic heterocycles. The lowest BCUT2D eigenvalue weighted by atomic mass is 10.2. The number of hydrogen-bond acceptors (Lipinski definition) is 7. The van der Waals surface area contributed by atoms with Gasteiger partial charge in [-0.25, -0.2) is 15.8 Å². The minimum Gasteiger partial charge on any atom is -0.442 e. The minimum atomic E-state index is 0.0899. The highest BCUT2D eigenvalue weighted by Crippen LogP contribution is 2.35. The van der Waals surface area contributed by atoms with Crippen molar-refractivity contribution in [3.63, 3.8) is 0 Å². The third-order valence-corrected chi connectivity index (χ3v) is 2.65. The molecule has 0 saturated heterocycles. The van der Waals surface area contributed by atoms with Gasteiger partial charge in [0.15, 0.2) is 5.75 Å². The molecule has 0 atom stereocenters. The summed E-state index contributed by atoms with van der Waals surface area (Å²) in [6.07, 6.45) is 1.30. The van der Waals surface area contributed by atoms with E-state index in [2.05, 4.69) is 15.4 Å². The number of aromatic nitrogens is 2. The minimum absolute atomic E-state index is 0.0899. The van der Waals surface area contributed by atoms with Gasteiger partial charge in [-0.05, 0) is 12.1 Å². The first-order valence-corrected chi connectivity index (χ1v) is 5.70. The van der Waals surface area contributed by atoms with Crippen LogP contribution in [0.4, 0.5) is 5.82 Å². The van der Waals surface area contributed by atoms with Gasteiger partial charge >= 0.3 is 0 Å². The standard InChI is InChI=1S/C13H9N5O2/c14-6-10-13(8-3-1-2-4-9(8)19-10)20-12-5-11(18-15)16-7-17-12/h1-5,7H,15H2,(H,16,17,18). The summed E-state index contributed by atoms with van der Waals surface area (Å²) in [5, 5.41) is 9.81. The summed E-state index contributed by atoms with van der Waals surface area (Å²) < 4.78 is 11.0. The van der Waals surface area contributed by atoms with Crippen LogP contribution in [0.25, 0.3) is 11.0 Å². The number of nitrogen functional groups attached to an aromatic ring is 1. The molecule has 2 heterocycles. The Morgan fingerprint density at radius 3 is 2.95 bits per heavy atom. The number of nitrogens with zero attached hydrogens (tertiary/aromatic N) is 3. The van der Waals surface area contributed by atoms with Crippen molar-refractivity contribution in [3.8, 4) is 17.7 Å². The molecule has 0 spiro atoms. The fraction of sp³-hybridized carbons (Fsp3) is 0. The molecule has 1 aromatic carbocycles. The van der Waals surface area contributed by atoms with Gasteiger partial charge in [0, 0.05) is 6.07 Å². The van der Waals surface area contributed by atoms with E-state index in [-0.39, 0.29) is 11.6 Å². The fourth-order valence-corrected chi connectivity index (χ4v) is 1.78. The van der Waals surface area contributed by atoms with Crippen LogP contribution in [0.5, 0.6) is 11.6 Å². The molecule has 0 bridgehead atoms. The number of nitrogens with one attached hydrogen (secondary N) is 1. The van der Waals surface area contributed by atoms with Gasteiger partial charge in [-0.3, -0.25) is 0 Å². The first-order chi connectivity index (χ1) is 9.81. The number of benzene rings is 1. The third-order valence-electron chi connectivity index (χ3n) is 2.65. The van der Waals surface area contributed by atoms with Crippen LogP contribution in [0.2, 0.25) is 0 Å². The topological polar surface area (TPSA) is 110 Å². The molecule has 0 fully saturated rings. The quantitative estimate of drug-likeness (QED) is 0.552. The smallest absolute Gasteiger partial charge is 0.247 e. The summed E-state index contributed by atoms with van der Waals surface area (Å²) >= 11 is 0. The second kappa shape index (κ2) is 4.87. The molecule has 3 aromatic rings. The number of furan rings is 1. The van der Waals surface area contributed by atoms with Crippen LogP contribution in [0.1, 0.15) is 5.76 Å². The van der Waals surface area contributed by atoms with E-state index >= 15 is 0 Å². The van der Waals surface area contributed by atoms with Crippen LogP contribution in [0, 0.1) is 11.3 Å². The van der Waals surface area contributed by atoms with E-state index in [1.807, 2.05) is 18.2 Å². The number of nitriles is 1. The first-order valence-electron chi connectivity index (χ1n) is 5.70. The summed E-state index contributed by atoms with van der Waals surface area (Å²) in [6, 6.07) is 10.7. The van der Waals surface area contributed by atoms with Crippen molar-refractivity contribution in [2.45, 2.75) is 0 Å². The lowest BCUT2D eigenvalue weighted by Gasteiger charge is -2.04. The first kappa shape index (κ1) is 12.0. The average molecular weight is 267 g/mol. The fourth-order valence-electron chi connectivity index (χ4n) is 1.78. The normalized spacial score (nSPS) is 10.2. The van der Waals surface area contributed by atoms with E-state index in [4.69, 9.17) is 20.3 Å². The lowest BCUT2D eigenvalue weighted by molar-refractivity contribution is 0.449. The van der Waals surface area contributed by atoms with E-state index in [0.717, 1.165) is 0 Å². The number of fused-ring (bicyclic) bond motifs is 1. The Morgan fingerprint density at radius 1 is 1.30 bits per heavy atom. The van der Waals surface area contributed by atoms with Gasteiger partial charge in [0.25, 0.3) is 0 Å². The van der Waals surface area contributed by atoms with E-state index in [1.54, 1.807) is 12.1 Å². The summed E-state index contributed by atoms with van der Waals surface area (Å²) in [5.41, 5.74) is 2.97. The maximum Gasteiger partial charge on any atom is 0.247 e. The number of hydrogen-bond donors (Lipinski definition) is 2. The lowest BCUT2D eigenvalue weighted by Crippen LogP contribution is -2.08. The van der Waals surface area contributed by atoms with Crippen molar-refractivity contribution in [3.05, 3.63) is 42.4 Å². The Hall–Kier alpha value is -3.11. The van der Waals surface area contributed by atoms with Crippen LogP contribution >= 0.6 is 0 Å². The van der Waals surface area contributed by atoms with Crippen LogP contribution in [-0.4, -0.2) is 9.97 Å². The largest absolute Gasteiger partial charge is 0.442 e. The molecule has 3 rings (SSSR count). The molecule has 0 unspecified atom stereocenters. The van der Waals surface area contributed by atoms with Gasteiger partial charge < -0.3 is 14.6 Å². The highest BCUT2D eigenvalue weighted by atomic mass is 16.5. The van der Waals surface area contributed by atoms with Gasteiger partial charge in [-0.15, -0.1) is 0 Å². The predicted molar refractivity (Wildman–Crippen MR) is 70.8 cm³/mol. The van der Waals surface area contributed by atoms with E-state index in [9.17, 15) is 0 Å². The Labute approximate surface area is 113 Å². The molecule has 0 aliphatic rings. The summed E-state index contributed by atoms with van der Waals surface area (Å²) in [5.74, 6) is 6.35. The number of para-hydroxylation sites is 1. The van der Waals surface area contributed by atoms with Crippen LogP contribution in [0.15, 0.2) is 41.1 Å². The predicted octanol–water partition coefficient (Wildman–Crippen LogP) is 2.17. The zero-order chi connectivity index (χ0) is 13.9. The molecular weight excluding hydrogens is 258 g/mol. The summed E-state index contributed by atoms with van der Waals surface area (Å²) in [4.78, 5) is 7.84. The molecule has 20 heavy (non-hydrogen) atoms. The number of ether oxygens (including phenoxy) is 1. The number of nitrogens with two attached hydrogens (primary N) is 1. The molecule has 7 nitrogen and oxygen atoms in total. The molecule has 3 N–H and O–H groups in total. The number of anilines is 1. The Bertz CT molecular complexity index is 806. The maximum absolute atomic E-state index is 9.11. The van der Waals surface area contributed by atoms with Crippen molar-refractivity contribution in [1.82, 2.24) is 9.97 Å². The highest BCUT2D eigenvalue weighted by molar-refractivity contribution is 5.86. The summed E-state index contributed by atoms with van der Waals surface area (Å²) in [7, 11) is 0. The number of rotatable bonds is 3. The van der Waals surface area contributed by atoms with Gasteiger partial charge in [0.05, 0.1) is 5.39 Å². The van der Waals surface area contributed by atoms with Gasteiger partial charge in [-0.1, -0.05) is 12.1 Å². The Kier molecular flexibility index (Phi) is 2.91. The molecule has 0 aliphatic heterocycles. The van der Waals surface area contributed by atoms with Crippen molar-refractivity contribution >= 4 is 16.8 Å². The number of hydrazine groups is 1. The second-order valence-electron chi connectivity index (χ2n) is 3.86. The van der Waals surface area contributed by atoms with Crippen molar-refractivity contribution < 1.29 is 9.15 Å². The van der Waals surface area contributed by atoms with Crippen LogP contribution in [-0.2, 0) is 0 Å². The average Bonchev–Trinajstić information content (AvgIpc) is 2.85. The van der Waals surface area contributed by atoms with Gasteiger partial charge in [0.1, 0.15) is 23.8 Å². The molecule has 0 radical (unpaired) electrons. The van der Waals surface area contributed by atoms with E-state index < -0.39 is 0 Å². The van der Waals surface area contributed by atoms with E-state index in [0.29, 0.717) is 22.5 Å². The third kappa shape index (κ3) is 2.00. The highest BCUT2D eigenvalue weighted by Gasteiger charge is 2.16. The second-order valence-corrected chi connectivity index (χ2v) is 3.86. The van der Waals surface area contributed by atoms with Crippen molar-refractivity contribution in [2.75, 3.05) is 5.43 Å². The zero-order valence-electron chi connectivity index (χ0n) is 10.2. The monoisotopic (exact) mass is 267 g/mol. The molecule has 98 valence electrons. The molecular formula is C13H9N5O2. The summed E-state index contributed by atoms with van der Waals surface area (Å²) in [6.45, 7) is 0. The van der Waals surface area contributed by atoms with Gasteiger partial charge in [0.2, 0.25) is 11.6 Å². The Balaban J connectivity index is 2.07. The van der Waals surface area contributed by atoms with E-state index in [1.165, 1.54) is 12.4 Å². The molecule has 7 heteroatoms. The zero-order valence-corrected chi connectivity index (χ0v) is 10.2. The maximum atomic E-state index is 9.11. The van der Waals surface area contributed by atoms with Crippen LogP contribution in [0.3, 0.4) is 0 Å². The molecule has 0 aliphatic carbocycles. The van der Waals surface area contributed by atoms with Crippen molar-refractivity contribution in [2.24, 2.45) is 5.84 Å². The van der Waals surface area contributed by atoms with Gasteiger partial charge in [-0.2, -0.15) is 5.26 Å². The molecule has 0 amide bonds.